The van der Waals surface area contributed by atoms with Crippen molar-refractivity contribution in [2.24, 2.45) is 0 Å². The minimum atomic E-state index is -0.121. The van der Waals surface area contributed by atoms with Crippen molar-refractivity contribution in [2.75, 3.05) is 4.90 Å². The highest BCUT2D eigenvalue weighted by molar-refractivity contribution is 7.00. The summed E-state index contributed by atoms with van der Waals surface area (Å²) < 4.78 is 13.5. The Balaban J connectivity index is 1.32. The predicted octanol–water partition coefficient (Wildman–Crippen LogP) is 5.35. The number of para-hydroxylation sites is 2. The lowest BCUT2D eigenvalue weighted by atomic mass is 9.29. The van der Waals surface area contributed by atoms with Crippen LogP contribution in [-0.2, 0) is 5.41 Å². The van der Waals surface area contributed by atoms with Gasteiger partial charge in [0.05, 0.1) is 5.69 Å². The van der Waals surface area contributed by atoms with Gasteiger partial charge in [0.1, 0.15) is 23.0 Å². The molecule has 6 aromatic carbocycles. The Morgan fingerprint density at radius 2 is 1.14 bits per heavy atom. The normalized spacial score (nSPS) is 15.5. The fourth-order valence-electron chi connectivity index (χ4n) is 8.41. The zero-order valence-corrected chi connectivity index (χ0v) is 24.5. The van der Waals surface area contributed by atoms with E-state index in [1.807, 2.05) is 6.07 Å². The average Bonchev–Trinajstić information content (AvgIpc) is 3.06. The fraction of sp³-hybridized carbons (Fsp3) is 0.0769. The smallest absolute Gasteiger partial charge is 0.260 e. The van der Waals surface area contributed by atoms with Gasteiger partial charge in [-0.2, -0.15) is 0 Å². The van der Waals surface area contributed by atoms with Crippen molar-refractivity contribution in [3.05, 3.63) is 139 Å². The van der Waals surface area contributed by atoms with Gasteiger partial charge in [0.15, 0.2) is 0 Å². The molecule has 4 aliphatic rings. The van der Waals surface area contributed by atoms with Gasteiger partial charge < -0.3 is 14.4 Å². The summed E-state index contributed by atoms with van der Waals surface area (Å²) in [6, 6.07) is 46.0. The van der Waals surface area contributed by atoms with Crippen molar-refractivity contribution in [3.8, 4) is 23.0 Å². The third-order valence-electron chi connectivity index (χ3n) is 10.3. The monoisotopic (exact) mass is 563 g/mol. The SMILES string of the molecule is CC1(C)c2ccccc2B2c3ccc4c(c3N(c3ccccc3)c3cccc1c32)Oc1cccc2c1B4c1ccccc1O2. The highest BCUT2D eigenvalue weighted by Gasteiger charge is 2.49. The van der Waals surface area contributed by atoms with Crippen LogP contribution in [0.25, 0.3) is 0 Å². The second kappa shape index (κ2) is 8.48. The van der Waals surface area contributed by atoms with Gasteiger partial charge in [-0.1, -0.05) is 110 Å². The molecule has 4 aliphatic heterocycles. The van der Waals surface area contributed by atoms with E-state index in [-0.39, 0.29) is 18.8 Å². The number of hydrogen-bond donors (Lipinski definition) is 0. The lowest BCUT2D eigenvalue weighted by Gasteiger charge is -2.46. The summed E-state index contributed by atoms with van der Waals surface area (Å²) in [6.07, 6.45) is 0. The van der Waals surface area contributed by atoms with Crippen LogP contribution in [0.15, 0.2) is 127 Å². The molecule has 6 aromatic rings. The van der Waals surface area contributed by atoms with Gasteiger partial charge >= 0.3 is 0 Å². The van der Waals surface area contributed by atoms with Gasteiger partial charge in [0.2, 0.25) is 6.71 Å². The molecular weight excluding hydrogens is 536 g/mol. The van der Waals surface area contributed by atoms with E-state index in [2.05, 4.69) is 140 Å². The van der Waals surface area contributed by atoms with E-state index in [1.165, 1.54) is 44.1 Å². The molecule has 0 N–H and O–H groups in total. The molecule has 44 heavy (non-hydrogen) atoms. The number of ether oxygens (including phenoxy) is 2. The Hall–Kier alpha value is -5.15. The van der Waals surface area contributed by atoms with Crippen molar-refractivity contribution in [1.29, 1.82) is 0 Å². The van der Waals surface area contributed by atoms with Crippen LogP contribution in [0.4, 0.5) is 17.1 Å². The molecule has 0 spiro atoms. The molecule has 0 unspecified atom stereocenters. The maximum atomic E-state index is 7.05. The van der Waals surface area contributed by atoms with Crippen LogP contribution in [0.3, 0.4) is 0 Å². The number of rotatable bonds is 1. The van der Waals surface area contributed by atoms with Crippen molar-refractivity contribution in [3.63, 3.8) is 0 Å². The van der Waals surface area contributed by atoms with Crippen LogP contribution >= 0.6 is 0 Å². The number of fused-ring (bicyclic) bond motifs is 9. The summed E-state index contributed by atoms with van der Waals surface area (Å²) in [5.41, 5.74) is 13.6. The van der Waals surface area contributed by atoms with Gasteiger partial charge in [-0.3, -0.25) is 0 Å². The zero-order valence-electron chi connectivity index (χ0n) is 24.5. The number of benzene rings is 6. The number of anilines is 3. The van der Waals surface area contributed by atoms with Crippen molar-refractivity contribution in [1.82, 2.24) is 0 Å². The molecule has 206 valence electrons. The van der Waals surface area contributed by atoms with E-state index < -0.39 is 0 Å². The van der Waals surface area contributed by atoms with Crippen LogP contribution in [0.1, 0.15) is 25.0 Å². The Morgan fingerprint density at radius 3 is 2.00 bits per heavy atom. The lowest BCUT2D eigenvalue weighted by Crippen LogP contribution is -2.65. The number of hydrogen-bond acceptors (Lipinski definition) is 3. The molecule has 0 radical (unpaired) electrons. The summed E-state index contributed by atoms with van der Waals surface area (Å²) >= 11 is 0. The first-order valence-electron chi connectivity index (χ1n) is 15.4. The molecule has 0 aliphatic carbocycles. The molecule has 0 amide bonds. The Labute approximate surface area is 257 Å². The summed E-state index contributed by atoms with van der Waals surface area (Å²) in [4.78, 5) is 2.45. The maximum Gasteiger partial charge on any atom is 0.260 e. The number of nitrogens with zero attached hydrogens (tertiary/aromatic N) is 1. The molecule has 0 bridgehead atoms. The third kappa shape index (κ3) is 2.99. The molecule has 0 saturated heterocycles. The zero-order chi connectivity index (χ0) is 29.2. The van der Waals surface area contributed by atoms with E-state index in [0.717, 1.165) is 39.8 Å². The molecular formula is C39H27B2NO2. The summed E-state index contributed by atoms with van der Waals surface area (Å²) in [5.74, 6) is 3.57. The van der Waals surface area contributed by atoms with Crippen molar-refractivity contribution < 1.29 is 9.47 Å². The quantitative estimate of drug-likeness (QED) is 0.252. The van der Waals surface area contributed by atoms with Gasteiger partial charge in [-0.15, -0.1) is 0 Å². The second-order valence-electron chi connectivity index (χ2n) is 12.8. The second-order valence-corrected chi connectivity index (χ2v) is 12.8. The first-order valence-corrected chi connectivity index (χ1v) is 15.4. The van der Waals surface area contributed by atoms with Crippen molar-refractivity contribution >= 4 is 63.3 Å². The summed E-state index contributed by atoms with van der Waals surface area (Å²) in [6.45, 7) is 4.85. The predicted molar refractivity (Wildman–Crippen MR) is 182 cm³/mol. The van der Waals surface area contributed by atoms with Gasteiger partial charge in [0, 0.05) is 22.3 Å². The van der Waals surface area contributed by atoms with Crippen LogP contribution in [0.2, 0.25) is 0 Å². The highest BCUT2D eigenvalue weighted by atomic mass is 16.5. The fourth-order valence-corrected chi connectivity index (χ4v) is 8.41. The van der Waals surface area contributed by atoms with E-state index in [9.17, 15) is 0 Å². The first-order chi connectivity index (χ1) is 21.6. The first kappa shape index (κ1) is 24.3. The molecule has 5 heteroatoms. The Bertz CT molecular complexity index is 2190. The van der Waals surface area contributed by atoms with Gasteiger partial charge in [0.25, 0.3) is 6.71 Å². The minimum Gasteiger partial charge on any atom is -0.458 e. The van der Waals surface area contributed by atoms with Crippen LogP contribution in [-0.4, -0.2) is 13.4 Å². The standard InChI is InChI=1S/C39H27B2NO2/c1-39(2)25-14-6-7-16-27(25)40-29-22-23-30-38(37(29)42(24-12-4-3-5-13-24)31-18-10-15-26(39)35(31)40)44-34-21-11-20-33-36(34)41(30)28-17-8-9-19-32(28)43-33/h3-23H,1-2H3. The molecule has 0 atom stereocenters. The molecule has 10 rings (SSSR count). The third-order valence-corrected chi connectivity index (χ3v) is 10.3. The summed E-state index contributed by atoms with van der Waals surface area (Å²) in [5, 5.41) is 0. The van der Waals surface area contributed by atoms with Crippen molar-refractivity contribution in [2.45, 2.75) is 19.3 Å². The highest BCUT2D eigenvalue weighted by Crippen LogP contribution is 2.47. The molecule has 0 fully saturated rings. The Morgan fingerprint density at radius 1 is 0.500 bits per heavy atom. The molecule has 4 heterocycles. The van der Waals surface area contributed by atoms with Gasteiger partial charge in [-0.05, 0) is 69.4 Å². The lowest BCUT2D eigenvalue weighted by molar-refractivity contribution is 0.465. The van der Waals surface area contributed by atoms with E-state index in [1.54, 1.807) is 0 Å². The summed E-state index contributed by atoms with van der Waals surface area (Å²) in [7, 11) is 0. The topological polar surface area (TPSA) is 21.7 Å². The minimum absolute atomic E-state index is 0.0168. The maximum absolute atomic E-state index is 7.05. The molecule has 0 saturated carbocycles. The van der Waals surface area contributed by atoms with Crippen LogP contribution in [0.5, 0.6) is 23.0 Å². The van der Waals surface area contributed by atoms with E-state index in [4.69, 9.17) is 9.47 Å². The van der Waals surface area contributed by atoms with Crippen LogP contribution < -0.4 is 47.2 Å². The largest absolute Gasteiger partial charge is 0.458 e. The van der Waals surface area contributed by atoms with Gasteiger partial charge in [-0.25, -0.2) is 0 Å². The Kier molecular flexibility index (Phi) is 4.69. The average molecular weight is 563 g/mol. The molecule has 0 aromatic heterocycles. The van der Waals surface area contributed by atoms with E-state index >= 15 is 0 Å². The van der Waals surface area contributed by atoms with Crippen LogP contribution in [0, 0.1) is 0 Å². The molecule has 3 nitrogen and oxygen atoms in total. The van der Waals surface area contributed by atoms with E-state index in [0.29, 0.717) is 0 Å².